The molecule has 17 heavy (non-hydrogen) atoms. The molecule has 0 radical (unpaired) electrons. The van der Waals surface area contributed by atoms with Gasteiger partial charge in [0.2, 0.25) is 5.91 Å². The first-order valence-electron chi connectivity index (χ1n) is 6.11. The summed E-state index contributed by atoms with van der Waals surface area (Å²) in [5.74, 6) is 0.347. The summed E-state index contributed by atoms with van der Waals surface area (Å²) in [4.78, 5) is 13.6. The van der Waals surface area contributed by atoms with Crippen molar-refractivity contribution in [2.45, 2.75) is 32.4 Å². The number of aromatic hydroxyl groups is 1. The van der Waals surface area contributed by atoms with Crippen molar-refractivity contribution in [3.63, 3.8) is 0 Å². The Balaban J connectivity index is 1.99. The number of hydrogen-bond acceptors (Lipinski definition) is 3. The van der Waals surface area contributed by atoms with Crippen molar-refractivity contribution in [3.8, 4) is 5.75 Å². The molecule has 0 aliphatic carbocycles. The molecular weight excluding hydrogens is 216 g/mol. The second kappa shape index (κ2) is 4.04. The van der Waals surface area contributed by atoms with E-state index in [2.05, 4.69) is 5.32 Å². The Hall–Kier alpha value is -1.55. The monoisotopic (exact) mass is 232 g/mol. The van der Waals surface area contributed by atoms with E-state index >= 15 is 0 Å². The van der Waals surface area contributed by atoms with Crippen LogP contribution in [0.2, 0.25) is 0 Å². The average Bonchev–Trinajstić information content (AvgIpc) is 2.76. The minimum absolute atomic E-state index is 0.123. The van der Waals surface area contributed by atoms with E-state index in [9.17, 15) is 9.90 Å². The first-order chi connectivity index (χ1) is 8.25. The Morgan fingerprint density at radius 3 is 2.71 bits per heavy atom. The average molecular weight is 232 g/mol. The number of hydrogen-bond donors (Lipinski definition) is 2. The number of amides is 1. The highest BCUT2D eigenvalue weighted by molar-refractivity contribution is 5.95. The fraction of sp³-hybridized carbons (Fsp3) is 0.462. The first-order valence-corrected chi connectivity index (χ1v) is 6.11. The van der Waals surface area contributed by atoms with Gasteiger partial charge < -0.3 is 15.3 Å². The van der Waals surface area contributed by atoms with Crippen molar-refractivity contribution in [2.24, 2.45) is 0 Å². The van der Waals surface area contributed by atoms with E-state index in [1.54, 1.807) is 11.0 Å². The molecule has 2 N–H and O–H groups in total. The molecular formula is C13H16N2O2. The highest BCUT2D eigenvalue weighted by Crippen LogP contribution is 2.34. The summed E-state index contributed by atoms with van der Waals surface area (Å²) in [6.45, 7) is 2.35. The van der Waals surface area contributed by atoms with Crippen LogP contribution in [0.5, 0.6) is 5.75 Å². The lowest BCUT2D eigenvalue weighted by Gasteiger charge is -2.27. The van der Waals surface area contributed by atoms with E-state index in [1.165, 1.54) is 5.56 Å². The molecule has 1 aromatic rings. The van der Waals surface area contributed by atoms with E-state index in [0.717, 1.165) is 38.0 Å². The molecule has 1 amide bonds. The quantitative estimate of drug-likeness (QED) is 0.771. The van der Waals surface area contributed by atoms with Crippen LogP contribution in [0, 0.1) is 0 Å². The molecule has 4 nitrogen and oxygen atoms in total. The standard InChI is InChI=1S/C13H16N2O2/c16-12-6-10-8-14-7-9(10)5-11(12)15-4-2-1-3-13(15)17/h5-6,14,16H,1-4,7-8H2. The maximum absolute atomic E-state index is 11.8. The van der Waals surface area contributed by atoms with Crippen LogP contribution >= 0.6 is 0 Å². The number of benzene rings is 1. The Kier molecular flexibility index (Phi) is 2.52. The normalized spacial score (nSPS) is 19.5. The van der Waals surface area contributed by atoms with E-state index < -0.39 is 0 Å². The number of nitrogens with zero attached hydrogens (tertiary/aromatic N) is 1. The largest absolute Gasteiger partial charge is 0.506 e. The van der Waals surface area contributed by atoms with Crippen LogP contribution in [0.25, 0.3) is 0 Å². The third kappa shape index (κ3) is 1.78. The molecule has 0 spiro atoms. The number of nitrogens with one attached hydrogen (secondary N) is 1. The minimum atomic E-state index is 0.123. The van der Waals surface area contributed by atoms with Crippen LogP contribution in [-0.2, 0) is 17.9 Å². The maximum Gasteiger partial charge on any atom is 0.227 e. The summed E-state index contributed by atoms with van der Waals surface area (Å²) in [6.07, 6.45) is 2.57. The Labute approximate surface area is 100 Å². The van der Waals surface area contributed by atoms with Crippen molar-refractivity contribution in [3.05, 3.63) is 23.3 Å². The SMILES string of the molecule is O=C1CCCCN1c1cc2c(cc1O)CNC2. The lowest BCUT2D eigenvalue weighted by molar-refractivity contribution is -0.119. The number of phenols is 1. The van der Waals surface area contributed by atoms with Gasteiger partial charge in [0, 0.05) is 26.1 Å². The zero-order valence-corrected chi connectivity index (χ0v) is 9.70. The molecule has 2 aliphatic heterocycles. The summed E-state index contributed by atoms with van der Waals surface area (Å²) in [6, 6.07) is 3.74. The van der Waals surface area contributed by atoms with Gasteiger partial charge >= 0.3 is 0 Å². The van der Waals surface area contributed by atoms with Gasteiger partial charge in [0.25, 0.3) is 0 Å². The number of phenolic OH excluding ortho intramolecular Hbond substituents is 1. The van der Waals surface area contributed by atoms with E-state index in [1.807, 2.05) is 6.07 Å². The highest BCUT2D eigenvalue weighted by atomic mass is 16.3. The molecule has 1 saturated heterocycles. The third-order valence-corrected chi connectivity index (χ3v) is 3.54. The molecule has 0 unspecified atom stereocenters. The van der Waals surface area contributed by atoms with Gasteiger partial charge in [-0.2, -0.15) is 0 Å². The number of carbonyl (C=O) groups excluding carboxylic acids is 1. The van der Waals surface area contributed by atoms with Gasteiger partial charge in [-0.1, -0.05) is 0 Å². The molecule has 2 heterocycles. The van der Waals surface area contributed by atoms with E-state index in [-0.39, 0.29) is 11.7 Å². The Bertz CT molecular complexity index is 471. The first kappa shape index (κ1) is 10.6. The van der Waals surface area contributed by atoms with Gasteiger partial charge in [-0.3, -0.25) is 4.79 Å². The number of fused-ring (bicyclic) bond motifs is 1. The summed E-state index contributed by atoms with van der Waals surface area (Å²) in [7, 11) is 0. The lowest BCUT2D eigenvalue weighted by atomic mass is 10.1. The fourth-order valence-corrected chi connectivity index (χ4v) is 2.60. The Morgan fingerprint density at radius 2 is 1.94 bits per heavy atom. The van der Waals surface area contributed by atoms with Gasteiger partial charge in [0.05, 0.1) is 5.69 Å². The maximum atomic E-state index is 11.8. The number of carbonyl (C=O) groups is 1. The highest BCUT2D eigenvalue weighted by Gasteiger charge is 2.24. The van der Waals surface area contributed by atoms with Crippen LogP contribution in [0.15, 0.2) is 12.1 Å². The predicted molar refractivity (Wildman–Crippen MR) is 64.9 cm³/mol. The van der Waals surface area contributed by atoms with Crippen molar-refractivity contribution in [2.75, 3.05) is 11.4 Å². The minimum Gasteiger partial charge on any atom is -0.506 e. The molecule has 0 saturated carbocycles. The van der Waals surface area contributed by atoms with E-state index in [0.29, 0.717) is 12.1 Å². The number of rotatable bonds is 1. The molecule has 1 aromatic carbocycles. The van der Waals surface area contributed by atoms with Crippen molar-refractivity contribution < 1.29 is 9.90 Å². The summed E-state index contributed by atoms with van der Waals surface area (Å²) in [5.41, 5.74) is 3.00. The fourth-order valence-electron chi connectivity index (χ4n) is 2.60. The van der Waals surface area contributed by atoms with Crippen LogP contribution in [0.3, 0.4) is 0 Å². The van der Waals surface area contributed by atoms with E-state index in [4.69, 9.17) is 0 Å². The molecule has 90 valence electrons. The molecule has 0 bridgehead atoms. The summed E-state index contributed by atoms with van der Waals surface area (Å²) in [5, 5.41) is 13.3. The van der Waals surface area contributed by atoms with Crippen LogP contribution in [0.4, 0.5) is 5.69 Å². The second-order valence-corrected chi connectivity index (χ2v) is 4.72. The molecule has 0 aromatic heterocycles. The predicted octanol–water partition coefficient (Wildman–Crippen LogP) is 1.51. The topological polar surface area (TPSA) is 52.6 Å². The van der Waals surface area contributed by atoms with Gasteiger partial charge in [0.15, 0.2) is 0 Å². The zero-order valence-electron chi connectivity index (χ0n) is 9.70. The third-order valence-electron chi connectivity index (χ3n) is 3.54. The van der Waals surface area contributed by atoms with Crippen LogP contribution < -0.4 is 10.2 Å². The van der Waals surface area contributed by atoms with Crippen molar-refractivity contribution in [1.82, 2.24) is 5.32 Å². The molecule has 0 atom stereocenters. The summed E-state index contributed by atoms with van der Waals surface area (Å²) < 4.78 is 0. The van der Waals surface area contributed by atoms with Gasteiger partial charge in [-0.15, -0.1) is 0 Å². The lowest BCUT2D eigenvalue weighted by Crippen LogP contribution is -2.35. The molecule has 4 heteroatoms. The summed E-state index contributed by atoms with van der Waals surface area (Å²) >= 11 is 0. The molecule has 1 fully saturated rings. The van der Waals surface area contributed by atoms with Crippen molar-refractivity contribution in [1.29, 1.82) is 0 Å². The Morgan fingerprint density at radius 1 is 1.18 bits per heavy atom. The van der Waals surface area contributed by atoms with Crippen molar-refractivity contribution >= 4 is 11.6 Å². The van der Waals surface area contributed by atoms with Gasteiger partial charge in [-0.05, 0) is 36.1 Å². The zero-order chi connectivity index (χ0) is 11.8. The van der Waals surface area contributed by atoms with Gasteiger partial charge in [-0.25, -0.2) is 0 Å². The van der Waals surface area contributed by atoms with Crippen LogP contribution in [-0.4, -0.2) is 17.6 Å². The second-order valence-electron chi connectivity index (χ2n) is 4.72. The smallest absolute Gasteiger partial charge is 0.227 e. The van der Waals surface area contributed by atoms with Gasteiger partial charge in [0.1, 0.15) is 5.75 Å². The molecule has 3 rings (SSSR count). The van der Waals surface area contributed by atoms with Crippen LogP contribution in [0.1, 0.15) is 30.4 Å². The number of anilines is 1. The number of piperidine rings is 1. The molecule has 2 aliphatic rings.